The van der Waals surface area contributed by atoms with Crippen molar-refractivity contribution in [2.75, 3.05) is 0 Å². The predicted octanol–water partition coefficient (Wildman–Crippen LogP) is 3.02. The van der Waals surface area contributed by atoms with Gasteiger partial charge in [0.15, 0.2) is 0 Å². The first-order chi connectivity index (χ1) is 6.39. The zero-order valence-electron chi connectivity index (χ0n) is 8.21. The summed E-state index contributed by atoms with van der Waals surface area (Å²) in [5, 5.41) is 0. The van der Waals surface area contributed by atoms with E-state index in [1.807, 2.05) is 0 Å². The topological polar surface area (TPSA) is 26.0 Å². The van der Waals surface area contributed by atoms with Crippen LogP contribution in [0.5, 0.6) is 0 Å². The maximum atomic E-state index is 12.3. The van der Waals surface area contributed by atoms with Gasteiger partial charge in [-0.25, -0.2) is 0 Å². The number of halogens is 4. The minimum Gasteiger partial charge on any atom is -0.328 e. The molecule has 0 aliphatic carbocycles. The van der Waals surface area contributed by atoms with Gasteiger partial charge in [-0.3, -0.25) is 0 Å². The molecule has 0 spiro atoms. The Hall–Kier alpha value is -0.740. The summed E-state index contributed by atoms with van der Waals surface area (Å²) < 4.78 is 36.8. The molecule has 86 valence electrons. The van der Waals surface area contributed by atoms with Gasteiger partial charge in [-0.1, -0.05) is 18.2 Å². The fourth-order valence-electron chi connectivity index (χ4n) is 1.25. The Labute approximate surface area is 92.9 Å². The molecule has 0 saturated heterocycles. The Morgan fingerprint density at radius 2 is 1.93 bits per heavy atom. The summed E-state index contributed by atoms with van der Waals surface area (Å²) in [7, 11) is 0. The number of hydrogen-bond acceptors (Lipinski definition) is 1. The molecule has 0 aromatic heterocycles. The van der Waals surface area contributed by atoms with Crippen LogP contribution in [0.15, 0.2) is 24.3 Å². The third kappa shape index (κ3) is 4.53. The normalized spacial score (nSPS) is 13.1. The lowest BCUT2D eigenvalue weighted by Crippen LogP contribution is -2.18. The highest BCUT2D eigenvalue weighted by Crippen LogP contribution is 2.29. The lowest BCUT2D eigenvalue weighted by molar-refractivity contribution is -0.137. The van der Waals surface area contributed by atoms with Gasteiger partial charge in [0.1, 0.15) is 0 Å². The van der Waals surface area contributed by atoms with E-state index in [9.17, 15) is 13.2 Å². The summed E-state index contributed by atoms with van der Waals surface area (Å²) in [4.78, 5) is 0. The van der Waals surface area contributed by atoms with E-state index in [2.05, 4.69) is 0 Å². The van der Waals surface area contributed by atoms with Gasteiger partial charge < -0.3 is 5.73 Å². The van der Waals surface area contributed by atoms with Crippen LogP contribution in [-0.2, 0) is 12.6 Å². The maximum Gasteiger partial charge on any atom is 0.416 e. The molecular weight excluding hydrogens is 227 g/mol. The van der Waals surface area contributed by atoms with E-state index in [4.69, 9.17) is 5.73 Å². The summed E-state index contributed by atoms with van der Waals surface area (Å²) >= 11 is 0. The van der Waals surface area contributed by atoms with Crippen molar-refractivity contribution in [1.29, 1.82) is 0 Å². The molecule has 0 unspecified atom stereocenters. The van der Waals surface area contributed by atoms with E-state index in [-0.39, 0.29) is 18.4 Å². The molecule has 0 fully saturated rings. The van der Waals surface area contributed by atoms with Crippen LogP contribution in [0.3, 0.4) is 0 Å². The van der Waals surface area contributed by atoms with Crippen LogP contribution in [0.4, 0.5) is 13.2 Å². The zero-order valence-corrected chi connectivity index (χ0v) is 9.03. The molecule has 5 heteroatoms. The lowest BCUT2D eigenvalue weighted by Gasteiger charge is -2.09. The van der Waals surface area contributed by atoms with E-state index in [0.717, 1.165) is 12.1 Å². The predicted molar refractivity (Wildman–Crippen MR) is 56.0 cm³/mol. The van der Waals surface area contributed by atoms with E-state index < -0.39 is 11.7 Å². The summed E-state index contributed by atoms with van der Waals surface area (Å²) in [5.74, 6) is 0. The quantitative estimate of drug-likeness (QED) is 0.844. The molecule has 0 aliphatic heterocycles. The fraction of sp³-hybridized carbons (Fsp3) is 0.400. The summed E-state index contributed by atoms with van der Waals surface area (Å²) in [6.45, 7) is 1.76. The standard InChI is InChI=1S/C10H12F3N.ClH/c1-7(14)5-8-3-2-4-9(6-8)10(11,12)13;/h2-4,6-7H,5,14H2,1H3;1H/t7-;/m0./s1. The van der Waals surface area contributed by atoms with Crippen LogP contribution in [0.2, 0.25) is 0 Å². The van der Waals surface area contributed by atoms with E-state index in [0.29, 0.717) is 12.0 Å². The van der Waals surface area contributed by atoms with Crippen LogP contribution < -0.4 is 5.73 Å². The van der Waals surface area contributed by atoms with Crippen LogP contribution in [0.25, 0.3) is 0 Å². The van der Waals surface area contributed by atoms with Gasteiger partial charge in [-0.15, -0.1) is 12.4 Å². The van der Waals surface area contributed by atoms with Crippen LogP contribution >= 0.6 is 12.4 Å². The molecule has 0 aliphatic rings. The number of benzene rings is 1. The SMILES string of the molecule is C[C@H](N)Cc1cccc(C(F)(F)F)c1.Cl. The number of nitrogens with two attached hydrogens (primary N) is 1. The second-order valence-electron chi connectivity index (χ2n) is 3.38. The number of hydrogen-bond donors (Lipinski definition) is 1. The summed E-state index contributed by atoms with van der Waals surface area (Å²) in [6.07, 6.45) is -3.81. The van der Waals surface area contributed by atoms with Crippen molar-refractivity contribution in [3.63, 3.8) is 0 Å². The average Bonchev–Trinajstić information content (AvgIpc) is 2.01. The van der Waals surface area contributed by atoms with Crippen molar-refractivity contribution < 1.29 is 13.2 Å². The Morgan fingerprint density at radius 1 is 1.33 bits per heavy atom. The average molecular weight is 240 g/mol. The van der Waals surface area contributed by atoms with Gasteiger partial charge in [0, 0.05) is 6.04 Å². The van der Waals surface area contributed by atoms with E-state index in [1.165, 1.54) is 6.07 Å². The number of rotatable bonds is 2. The highest BCUT2D eigenvalue weighted by atomic mass is 35.5. The van der Waals surface area contributed by atoms with Gasteiger partial charge in [0.05, 0.1) is 5.56 Å². The van der Waals surface area contributed by atoms with Gasteiger partial charge in [0.2, 0.25) is 0 Å². The summed E-state index contributed by atoms with van der Waals surface area (Å²) in [5.41, 5.74) is 5.51. The molecule has 0 saturated carbocycles. The molecule has 1 atom stereocenters. The van der Waals surface area contributed by atoms with Crippen molar-refractivity contribution in [3.05, 3.63) is 35.4 Å². The third-order valence-electron chi connectivity index (χ3n) is 1.81. The maximum absolute atomic E-state index is 12.3. The largest absolute Gasteiger partial charge is 0.416 e. The zero-order chi connectivity index (χ0) is 10.8. The molecular formula is C10H13ClF3N. The molecule has 0 radical (unpaired) electrons. The Bertz CT molecular complexity index is 310. The molecule has 2 N–H and O–H groups in total. The molecule has 0 amide bonds. The van der Waals surface area contributed by atoms with Crippen molar-refractivity contribution in [1.82, 2.24) is 0 Å². The van der Waals surface area contributed by atoms with Crippen LogP contribution in [-0.4, -0.2) is 6.04 Å². The molecule has 1 nitrogen and oxygen atoms in total. The Morgan fingerprint density at radius 3 is 2.40 bits per heavy atom. The Kier molecular flexibility index (Phi) is 5.11. The molecule has 1 aromatic rings. The first-order valence-corrected chi connectivity index (χ1v) is 4.31. The van der Waals surface area contributed by atoms with Gasteiger partial charge >= 0.3 is 6.18 Å². The minimum atomic E-state index is -4.27. The third-order valence-corrected chi connectivity index (χ3v) is 1.81. The first-order valence-electron chi connectivity index (χ1n) is 4.31. The van der Waals surface area contributed by atoms with Crippen molar-refractivity contribution in [3.8, 4) is 0 Å². The molecule has 0 bridgehead atoms. The second kappa shape index (κ2) is 5.37. The van der Waals surface area contributed by atoms with E-state index >= 15 is 0 Å². The van der Waals surface area contributed by atoms with E-state index in [1.54, 1.807) is 13.0 Å². The first kappa shape index (κ1) is 14.3. The summed E-state index contributed by atoms with van der Waals surface area (Å²) in [6, 6.07) is 5.13. The molecule has 1 rings (SSSR count). The van der Waals surface area contributed by atoms with Gasteiger partial charge in [-0.05, 0) is 25.0 Å². The molecule has 0 heterocycles. The van der Waals surface area contributed by atoms with Crippen LogP contribution in [0, 0.1) is 0 Å². The monoisotopic (exact) mass is 239 g/mol. The van der Waals surface area contributed by atoms with Gasteiger partial charge in [-0.2, -0.15) is 13.2 Å². The molecule has 15 heavy (non-hydrogen) atoms. The van der Waals surface area contributed by atoms with Crippen molar-refractivity contribution >= 4 is 12.4 Å². The van der Waals surface area contributed by atoms with Gasteiger partial charge in [0.25, 0.3) is 0 Å². The van der Waals surface area contributed by atoms with Crippen molar-refractivity contribution in [2.45, 2.75) is 25.6 Å². The molecule has 1 aromatic carbocycles. The minimum absolute atomic E-state index is 0. The Balaban J connectivity index is 0.00000196. The number of alkyl halides is 3. The lowest BCUT2D eigenvalue weighted by atomic mass is 10.0. The second-order valence-corrected chi connectivity index (χ2v) is 3.38. The highest BCUT2D eigenvalue weighted by molar-refractivity contribution is 5.85. The highest BCUT2D eigenvalue weighted by Gasteiger charge is 2.30. The van der Waals surface area contributed by atoms with Crippen molar-refractivity contribution in [2.24, 2.45) is 5.73 Å². The fourth-order valence-corrected chi connectivity index (χ4v) is 1.25. The van der Waals surface area contributed by atoms with Crippen LogP contribution in [0.1, 0.15) is 18.1 Å². The smallest absolute Gasteiger partial charge is 0.328 e.